The molecule has 4 nitrogen and oxygen atoms in total. The van der Waals surface area contributed by atoms with Crippen LogP contribution in [-0.4, -0.2) is 25.2 Å². The third-order valence-corrected chi connectivity index (χ3v) is 8.33. The molecule has 4 heteroatoms. The molecular weight excluding hydrogens is 472 g/mol. The van der Waals surface area contributed by atoms with Crippen LogP contribution in [0, 0.1) is 11.8 Å². The quantitative estimate of drug-likeness (QED) is 0.0815. The molecule has 38 heavy (non-hydrogen) atoms. The van der Waals surface area contributed by atoms with Gasteiger partial charge in [-0.3, -0.25) is 9.59 Å². The van der Waals surface area contributed by atoms with Crippen LogP contribution < -0.4 is 0 Å². The maximum absolute atomic E-state index is 12.5. The molecule has 0 spiro atoms. The van der Waals surface area contributed by atoms with Gasteiger partial charge < -0.3 is 9.47 Å². The standard InChI is InChI=1S/C34H64O4/c1-3-5-7-9-11-13-15-17-19-21-23-28-37-33(35)31-26-25-27-32(30-31)34(36)38-29-24-22-20-18-16-14-12-10-8-6-4-2/h31-32H,3-30H2,1-2H3. The Labute approximate surface area is 236 Å². The Morgan fingerprint density at radius 3 is 1.08 bits per heavy atom. The highest BCUT2D eigenvalue weighted by atomic mass is 16.5. The second-order valence-electron chi connectivity index (χ2n) is 12.0. The van der Waals surface area contributed by atoms with Gasteiger partial charge in [-0.1, -0.05) is 149 Å². The van der Waals surface area contributed by atoms with E-state index in [1.807, 2.05) is 0 Å². The third kappa shape index (κ3) is 19.9. The minimum absolute atomic E-state index is 0.0973. The first-order chi connectivity index (χ1) is 18.7. The Hall–Kier alpha value is -1.06. The average molecular weight is 537 g/mol. The molecule has 2 atom stereocenters. The molecular formula is C34H64O4. The monoisotopic (exact) mass is 536 g/mol. The predicted octanol–water partition coefficient (Wildman–Crippen LogP) is 10.5. The number of carbonyl (C=O) groups is 2. The Balaban J connectivity index is 1.98. The molecule has 1 aliphatic rings. The second kappa shape index (κ2) is 26.2. The Bertz CT molecular complexity index is 501. The molecule has 0 bridgehead atoms. The fourth-order valence-corrected chi connectivity index (χ4v) is 5.73. The van der Waals surface area contributed by atoms with E-state index in [0.717, 1.165) is 44.9 Å². The number of unbranched alkanes of at least 4 members (excludes halogenated alkanes) is 20. The van der Waals surface area contributed by atoms with Crippen molar-refractivity contribution in [1.82, 2.24) is 0 Å². The zero-order valence-electron chi connectivity index (χ0n) is 25.6. The lowest BCUT2D eigenvalue weighted by Gasteiger charge is -2.26. The normalized spacial score (nSPS) is 17.4. The van der Waals surface area contributed by atoms with Gasteiger partial charge in [-0.15, -0.1) is 0 Å². The van der Waals surface area contributed by atoms with Gasteiger partial charge in [0.25, 0.3) is 0 Å². The largest absolute Gasteiger partial charge is 0.465 e. The van der Waals surface area contributed by atoms with E-state index < -0.39 is 0 Å². The summed E-state index contributed by atoms with van der Waals surface area (Å²) in [5, 5.41) is 0. The summed E-state index contributed by atoms with van der Waals surface area (Å²) in [6.45, 7) is 5.59. The number of rotatable bonds is 26. The highest BCUT2D eigenvalue weighted by Gasteiger charge is 2.32. The van der Waals surface area contributed by atoms with Gasteiger partial charge in [-0.2, -0.15) is 0 Å². The van der Waals surface area contributed by atoms with Crippen molar-refractivity contribution in [2.45, 2.75) is 181 Å². The Kier molecular flexibility index (Phi) is 24.1. The van der Waals surface area contributed by atoms with Crippen LogP contribution in [-0.2, 0) is 19.1 Å². The van der Waals surface area contributed by atoms with E-state index in [0.29, 0.717) is 19.6 Å². The first-order valence-electron chi connectivity index (χ1n) is 17.0. The minimum atomic E-state index is -0.129. The van der Waals surface area contributed by atoms with Crippen LogP contribution in [0.1, 0.15) is 181 Å². The highest BCUT2D eigenvalue weighted by Crippen LogP contribution is 2.31. The van der Waals surface area contributed by atoms with Crippen LogP contribution in [0.4, 0.5) is 0 Å². The zero-order chi connectivity index (χ0) is 27.5. The molecule has 2 unspecified atom stereocenters. The van der Waals surface area contributed by atoms with Crippen molar-refractivity contribution in [2.24, 2.45) is 11.8 Å². The van der Waals surface area contributed by atoms with Crippen LogP contribution in [0.5, 0.6) is 0 Å². The maximum atomic E-state index is 12.5. The molecule has 0 aromatic carbocycles. The summed E-state index contributed by atoms with van der Waals surface area (Å²) >= 11 is 0. The zero-order valence-corrected chi connectivity index (χ0v) is 25.6. The second-order valence-corrected chi connectivity index (χ2v) is 12.0. The molecule has 0 radical (unpaired) electrons. The van der Waals surface area contributed by atoms with Gasteiger partial charge in [0, 0.05) is 0 Å². The fourth-order valence-electron chi connectivity index (χ4n) is 5.73. The van der Waals surface area contributed by atoms with E-state index in [9.17, 15) is 9.59 Å². The van der Waals surface area contributed by atoms with Crippen molar-refractivity contribution >= 4 is 11.9 Å². The Morgan fingerprint density at radius 1 is 0.474 bits per heavy atom. The summed E-state index contributed by atoms with van der Waals surface area (Å²) in [6, 6.07) is 0. The van der Waals surface area contributed by atoms with Crippen molar-refractivity contribution in [3.8, 4) is 0 Å². The average Bonchev–Trinajstić information content (AvgIpc) is 2.94. The summed E-state index contributed by atoms with van der Waals surface area (Å²) in [7, 11) is 0. The molecule has 0 aromatic rings. The lowest BCUT2D eigenvalue weighted by Crippen LogP contribution is -2.30. The first-order valence-corrected chi connectivity index (χ1v) is 17.0. The van der Waals surface area contributed by atoms with Crippen molar-refractivity contribution in [2.75, 3.05) is 13.2 Å². The summed E-state index contributed by atoms with van der Waals surface area (Å²) in [5.74, 6) is -0.452. The van der Waals surface area contributed by atoms with E-state index in [4.69, 9.17) is 9.47 Å². The highest BCUT2D eigenvalue weighted by molar-refractivity contribution is 5.76. The SMILES string of the molecule is CCCCCCCCCCCCCOC(=O)C1CCCC(C(=O)OCCCCCCCCCCCCC)C1. The maximum Gasteiger partial charge on any atom is 0.308 e. The van der Waals surface area contributed by atoms with Crippen molar-refractivity contribution < 1.29 is 19.1 Å². The molecule has 1 saturated carbocycles. The van der Waals surface area contributed by atoms with Gasteiger partial charge in [-0.25, -0.2) is 0 Å². The van der Waals surface area contributed by atoms with Crippen molar-refractivity contribution in [3.63, 3.8) is 0 Å². The molecule has 0 heterocycles. The number of esters is 2. The van der Waals surface area contributed by atoms with Crippen molar-refractivity contribution in [1.29, 1.82) is 0 Å². The van der Waals surface area contributed by atoms with Crippen LogP contribution >= 0.6 is 0 Å². The van der Waals surface area contributed by atoms with E-state index in [1.54, 1.807) is 0 Å². The van der Waals surface area contributed by atoms with Gasteiger partial charge in [-0.05, 0) is 32.1 Å². The molecule has 1 fully saturated rings. The minimum Gasteiger partial charge on any atom is -0.465 e. The lowest BCUT2D eigenvalue weighted by atomic mass is 9.81. The summed E-state index contributed by atoms with van der Waals surface area (Å²) in [5.41, 5.74) is 0. The number of ether oxygens (including phenoxy) is 2. The molecule has 0 aromatic heterocycles. The molecule has 0 saturated heterocycles. The summed E-state index contributed by atoms with van der Waals surface area (Å²) < 4.78 is 11.2. The number of hydrogen-bond acceptors (Lipinski definition) is 4. The van der Waals surface area contributed by atoms with Gasteiger partial charge in [0.05, 0.1) is 25.0 Å². The van der Waals surface area contributed by atoms with E-state index in [2.05, 4.69) is 13.8 Å². The van der Waals surface area contributed by atoms with Gasteiger partial charge in [0.1, 0.15) is 0 Å². The smallest absolute Gasteiger partial charge is 0.308 e. The predicted molar refractivity (Wildman–Crippen MR) is 160 cm³/mol. The molecule has 1 aliphatic carbocycles. The van der Waals surface area contributed by atoms with E-state index in [-0.39, 0.29) is 23.8 Å². The summed E-state index contributed by atoms with van der Waals surface area (Å²) in [4.78, 5) is 25.1. The van der Waals surface area contributed by atoms with Crippen LogP contribution in [0.2, 0.25) is 0 Å². The van der Waals surface area contributed by atoms with Crippen LogP contribution in [0.3, 0.4) is 0 Å². The van der Waals surface area contributed by atoms with Gasteiger partial charge in [0.2, 0.25) is 0 Å². The van der Waals surface area contributed by atoms with Gasteiger partial charge >= 0.3 is 11.9 Å². The Morgan fingerprint density at radius 2 is 0.763 bits per heavy atom. The molecule has 1 rings (SSSR count). The molecule has 0 amide bonds. The third-order valence-electron chi connectivity index (χ3n) is 8.33. The van der Waals surface area contributed by atoms with Gasteiger partial charge in [0.15, 0.2) is 0 Å². The number of hydrogen-bond donors (Lipinski definition) is 0. The molecule has 0 N–H and O–H groups in total. The van der Waals surface area contributed by atoms with E-state index in [1.165, 1.54) is 116 Å². The topological polar surface area (TPSA) is 52.6 Å². The van der Waals surface area contributed by atoms with Crippen LogP contribution in [0.15, 0.2) is 0 Å². The molecule has 224 valence electrons. The number of carbonyl (C=O) groups excluding carboxylic acids is 2. The van der Waals surface area contributed by atoms with E-state index >= 15 is 0 Å². The van der Waals surface area contributed by atoms with Crippen LogP contribution in [0.25, 0.3) is 0 Å². The summed E-state index contributed by atoms with van der Waals surface area (Å²) in [6.07, 6.45) is 31.6. The molecule has 0 aliphatic heterocycles. The fraction of sp³-hybridized carbons (Fsp3) is 0.941. The first kappa shape index (κ1) is 35.0. The lowest BCUT2D eigenvalue weighted by molar-refractivity contribution is -0.155. The van der Waals surface area contributed by atoms with Crippen molar-refractivity contribution in [3.05, 3.63) is 0 Å².